The van der Waals surface area contributed by atoms with Gasteiger partial charge in [0.15, 0.2) is 0 Å². The summed E-state index contributed by atoms with van der Waals surface area (Å²) in [6, 6.07) is 17.6. The van der Waals surface area contributed by atoms with Gasteiger partial charge in [0.1, 0.15) is 11.3 Å². The molecule has 4 aromatic rings. The van der Waals surface area contributed by atoms with Crippen molar-refractivity contribution in [2.24, 2.45) is 0 Å². The molecule has 2 heterocycles. The lowest BCUT2D eigenvalue weighted by atomic mass is 10.1. The number of aromatic nitrogens is 3. The van der Waals surface area contributed by atoms with Gasteiger partial charge in [-0.15, -0.1) is 0 Å². The Morgan fingerprint density at radius 3 is 2.69 bits per heavy atom. The summed E-state index contributed by atoms with van der Waals surface area (Å²) in [7, 11) is 1.63. The Morgan fingerprint density at radius 1 is 1.04 bits per heavy atom. The van der Waals surface area contributed by atoms with E-state index in [-0.39, 0.29) is 5.56 Å². The van der Waals surface area contributed by atoms with Gasteiger partial charge in [0.25, 0.3) is 5.56 Å². The summed E-state index contributed by atoms with van der Waals surface area (Å²) in [4.78, 5) is 12.9. The fourth-order valence-electron chi connectivity index (χ4n) is 3.15. The molecule has 0 aliphatic carbocycles. The maximum Gasteiger partial charge on any atom is 0.276 e. The highest BCUT2D eigenvalue weighted by Crippen LogP contribution is 2.28. The molecule has 0 spiro atoms. The largest absolute Gasteiger partial charge is 0.496 e. The van der Waals surface area contributed by atoms with Gasteiger partial charge in [-0.25, -0.2) is 4.52 Å². The van der Waals surface area contributed by atoms with Crippen molar-refractivity contribution in [1.29, 1.82) is 0 Å². The van der Waals surface area contributed by atoms with E-state index in [9.17, 15) is 4.79 Å². The third-order valence-corrected chi connectivity index (χ3v) is 4.42. The van der Waals surface area contributed by atoms with Gasteiger partial charge in [0.05, 0.1) is 19.3 Å². The van der Waals surface area contributed by atoms with Crippen LogP contribution >= 0.6 is 0 Å². The molecule has 4 rings (SSSR count). The van der Waals surface area contributed by atoms with Crippen molar-refractivity contribution in [2.45, 2.75) is 13.5 Å². The van der Waals surface area contributed by atoms with E-state index in [0.717, 1.165) is 16.9 Å². The normalized spacial score (nSPS) is 11.0. The Kier molecular flexibility index (Phi) is 4.05. The maximum absolute atomic E-state index is 12.9. The lowest BCUT2D eigenvalue weighted by Gasteiger charge is -2.06. The highest BCUT2D eigenvalue weighted by atomic mass is 16.5. The molecule has 0 unspecified atom stereocenters. The molecular formula is C21H19N3O2. The van der Waals surface area contributed by atoms with Crippen LogP contribution in [0.2, 0.25) is 0 Å². The first-order valence-corrected chi connectivity index (χ1v) is 8.43. The first-order valence-electron chi connectivity index (χ1n) is 8.43. The number of ether oxygens (including phenoxy) is 1. The summed E-state index contributed by atoms with van der Waals surface area (Å²) in [6.45, 7) is 2.58. The highest BCUT2D eigenvalue weighted by molar-refractivity contribution is 5.71. The zero-order valence-corrected chi connectivity index (χ0v) is 14.7. The van der Waals surface area contributed by atoms with E-state index < -0.39 is 0 Å². The number of nitrogens with zero attached hydrogens (tertiary/aromatic N) is 3. The molecule has 0 atom stereocenters. The molecule has 0 radical (unpaired) electrons. The van der Waals surface area contributed by atoms with Crippen LogP contribution in [0.4, 0.5) is 0 Å². The van der Waals surface area contributed by atoms with E-state index in [1.165, 1.54) is 5.56 Å². The number of hydrogen-bond donors (Lipinski definition) is 0. The minimum atomic E-state index is -0.0670. The minimum absolute atomic E-state index is 0.0670. The summed E-state index contributed by atoms with van der Waals surface area (Å²) < 4.78 is 8.74. The monoisotopic (exact) mass is 345 g/mol. The summed E-state index contributed by atoms with van der Waals surface area (Å²) >= 11 is 0. The number of hydrogen-bond acceptors (Lipinski definition) is 3. The van der Waals surface area contributed by atoms with Crippen molar-refractivity contribution in [3.8, 4) is 17.0 Å². The molecule has 5 nitrogen and oxygen atoms in total. The summed E-state index contributed by atoms with van der Waals surface area (Å²) in [5.41, 5.74) is 4.33. The zero-order valence-electron chi connectivity index (χ0n) is 14.7. The molecule has 26 heavy (non-hydrogen) atoms. The highest BCUT2D eigenvalue weighted by Gasteiger charge is 2.12. The Hall–Kier alpha value is -3.34. The summed E-state index contributed by atoms with van der Waals surface area (Å²) in [5.74, 6) is 0.732. The molecule has 0 aliphatic rings. The standard InChI is InChI=1S/C21H19N3O2/c1-15-6-5-7-16(12-15)14-23-10-11-24-19(21(23)25)13-18(22-24)17-8-3-4-9-20(17)26-2/h3-13H,14H2,1-2H3. The van der Waals surface area contributed by atoms with Crippen molar-refractivity contribution in [1.82, 2.24) is 14.2 Å². The van der Waals surface area contributed by atoms with E-state index in [0.29, 0.717) is 17.8 Å². The quantitative estimate of drug-likeness (QED) is 0.568. The van der Waals surface area contributed by atoms with Gasteiger partial charge in [0, 0.05) is 18.0 Å². The SMILES string of the molecule is COc1ccccc1-c1cc2c(=O)n(Cc3cccc(C)c3)ccn2n1. The first-order chi connectivity index (χ1) is 12.7. The molecule has 0 bridgehead atoms. The van der Waals surface area contributed by atoms with Crippen LogP contribution in [0, 0.1) is 6.92 Å². The zero-order chi connectivity index (χ0) is 18.1. The summed E-state index contributed by atoms with van der Waals surface area (Å²) in [6.07, 6.45) is 3.59. The van der Waals surface area contributed by atoms with Crippen LogP contribution in [0.1, 0.15) is 11.1 Å². The average Bonchev–Trinajstić information content (AvgIpc) is 3.09. The predicted octanol–water partition coefficient (Wildman–Crippen LogP) is 3.53. The Bertz CT molecular complexity index is 1140. The molecule has 0 N–H and O–H groups in total. The number of rotatable bonds is 4. The number of benzene rings is 2. The van der Waals surface area contributed by atoms with Crippen LogP contribution in [-0.4, -0.2) is 21.3 Å². The third-order valence-electron chi connectivity index (χ3n) is 4.42. The van der Waals surface area contributed by atoms with Crippen LogP contribution in [0.25, 0.3) is 16.8 Å². The molecule has 0 aliphatic heterocycles. The predicted molar refractivity (Wildman–Crippen MR) is 102 cm³/mol. The van der Waals surface area contributed by atoms with E-state index in [1.54, 1.807) is 22.4 Å². The Labute approximate surface area is 151 Å². The molecule has 2 aromatic heterocycles. The van der Waals surface area contributed by atoms with Gasteiger partial charge in [-0.3, -0.25) is 4.79 Å². The molecule has 0 saturated carbocycles. The fourth-order valence-corrected chi connectivity index (χ4v) is 3.15. The molecule has 0 saturated heterocycles. The molecule has 0 amide bonds. The van der Waals surface area contributed by atoms with E-state index in [2.05, 4.69) is 11.2 Å². The van der Waals surface area contributed by atoms with Crippen molar-refractivity contribution >= 4 is 5.52 Å². The Morgan fingerprint density at radius 2 is 1.88 bits per heavy atom. The van der Waals surface area contributed by atoms with Crippen molar-refractivity contribution in [3.63, 3.8) is 0 Å². The first kappa shape index (κ1) is 16.1. The topological polar surface area (TPSA) is 48.5 Å². The van der Waals surface area contributed by atoms with Crippen LogP contribution in [-0.2, 0) is 6.54 Å². The maximum atomic E-state index is 12.9. The van der Waals surface area contributed by atoms with Crippen LogP contribution in [0.3, 0.4) is 0 Å². The summed E-state index contributed by atoms with van der Waals surface area (Å²) in [5, 5.41) is 4.54. The number of methoxy groups -OCH3 is 1. The fraction of sp³-hybridized carbons (Fsp3) is 0.143. The number of aryl methyl sites for hydroxylation is 1. The van der Waals surface area contributed by atoms with Crippen molar-refractivity contribution in [3.05, 3.63) is 88.5 Å². The molecule has 2 aromatic carbocycles. The van der Waals surface area contributed by atoms with Gasteiger partial charge in [-0.1, -0.05) is 42.0 Å². The molecular weight excluding hydrogens is 326 g/mol. The number of para-hydroxylation sites is 1. The van der Waals surface area contributed by atoms with Gasteiger partial charge in [0.2, 0.25) is 0 Å². The second-order valence-corrected chi connectivity index (χ2v) is 6.28. The van der Waals surface area contributed by atoms with Crippen molar-refractivity contribution in [2.75, 3.05) is 7.11 Å². The van der Waals surface area contributed by atoms with Crippen LogP contribution in [0.15, 0.2) is 71.8 Å². The second kappa shape index (κ2) is 6.52. The molecule has 0 fully saturated rings. The van der Waals surface area contributed by atoms with Gasteiger partial charge < -0.3 is 9.30 Å². The van der Waals surface area contributed by atoms with Gasteiger partial charge in [-0.05, 0) is 30.7 Å². The molecule has 130 valence electrons. The van der Waals surface area contributed by atoms with Gasteiger partial charge in [-0.2, -0.15) is 5.10 Å². The third kappa shape index (κ3) is 2.88. The van der Waals surface area contributed by atoms with E-state index >= 15 is 0 Å². The lowest BCUT2D eigenvalue weighted by molar-refractivity contribution is 0.416. The van der Waals surface area contributed by atoms with E-state index in [1.807, 2.05) is 61.7 Å². The van der Waals surface area contributed by atoms with Crippen LogP contribution < -0.4 is 10.3 Å². The number of fused-ring (bicyclic) bond motifs is 1. The van der Waals surface area contributed by atoms with Crippen molar-refractivity contribution < 1.29 is 4.74 Å². The molecule has 5 heteroatoms. The van der Waals surface area contributed by atoms with Gasteiger partial charge >= 0.3 is 0 Å². The van der Waals surface area contributed by atoms with Crippen LogP contribution in [0.5, 0.6) is 5.75 Å². The lowest BCUT2D eigenvalue weighted by Crippen LogP contribution is -2.21. The van der Waals surface area contributed by atoms with E-state index in [4.69, 9.17) is 4.74 Å². The Balaban J connectivity index is 1.78. The minimum Gasteiger partial charge on any atom is -0.496 e. The second-order valence-electron chi connectivity index (χ2n) is 6.28. The average molecular weight is 345 g/mol. The smallest absolute Gasteiger partial charge is 0.276 e.